The van der Waals surface area contributed by atoms with Crippen molar-refractivity contribution in [3.63, 3.8) is 0 Å². The van der Waals surface area contributed by atoms with Crippen LogP contribution in [0.4, 0.5) is 0 Å². The van der Waals surface area contributed by atoms with E-state index in [1.54, 1.807) is 0 Å². The highest BCUT2D eigenvalue weighted by Crippen LogP contribution is 2.38. The zero-order valence-electron chi connectivity index (χ0n) is 9.77. The third kappa shape index (κ3) is 1.83. The molecule has 3 rings (SSSR count). The summed E-state index contributed by atoms with van der Waals surface area (Å²) in [5.74, 6) is 1.00. The number of hydrogen-bond donors (Lipinski definition) is 0. The molecule has 1 aliphatic rings. The van der Waals surface area contributed by atoms with Gasteiger partial charge in [-0.3, -0.25) is 0 Å². The lowest BCUT2D eigenvalue weighted by Crippen LogP contribution is -1.99. The molecule has 2 aromatic carbocycles. The molecule has 0 bridgehead atoms. The predicted molar refractivity (Wildman–Crippen MR) is 72.9 cm³/mol. The van der Waals surface area contributed by atoms with E-state index in [0.717, 1.165) is 18.8 Å². The van der Waals surface area contributed by atoms with Crippen LogP contribution in [0.2, 0.25) is 0 Å². The Morgan fingerprint density at radius 1 is 1.00 bits per heavy atom. The van der Waals surface area contributed by atoms with Crippen LogP contribution in [0.3, 0.4) is 0 Å². The predicted octanol–water partition coefficient (Wildman–Crippen LogP) is 4.01. The number of rotatable bonds is 1. The SMILES string of the molecule is CSc1cccc2c1CCOc1ccccc1-2. The van der Waals surface area contributed by atoms with Crippen LogP contribution in [0, 0.1) is 0 Å². The molecule has 0 N–H and O–H groups in total. The van der Waals surface area contributed by atoms with Crippen LogP contribution in [0.25, 0.3) is 11.1 Å². The number of hydrogen-bond acceptors (Lipinski definition) is 2. The second kappa shape index (κ2) is 4.46. The maximum atomic E-state index is 5.82. The van der Waals surface area contributed by atoms with E-state index in [2.05, 4.69) is 42.7 Å². The molecule has 2 aromatic rings. The van der Waals surface area contributed by atoms with E-state index in [9.17, 15) is 0 Å². The molecule has 1 nitrogen and oxygen atoms in total. The van der Waals surface area contributed by atoms with Crippen LogP contribution < -0.4 is 4.74 Å². The molecule has 0 saturated heterocycles. The van der Waals surface area contributed by atoms with Gasteiger partial charge in [-0.1, -0.05) is 30.3 Å². The molecule has 0 radical (unpaired) electrons. The highest BCUT2D eigenvalue weighted by molar-refractivity contribution is 7.98. The number of benzene rings is 2. The van der Waals surface area contributed by atoms with Crippen molar-refractivity contribution in [2.24, 2.45) is 0 Å². The molecule has 0 amide bonds. The van der Waals surface area contributed by atoms with Gasteiger partial charge < -0.3 is 4.74 Å². The molecular weight excluding hydrogens is 228 g/mol. The topological polar surface area (TPSA) is 9.23 Å². The Balaban J connectivity index is 2.26. The quantitative estimate of drug-likeness (QED) is 0.699. The first kappa shape index (κ1) is 10.7. The van der Waals surface area contributed by atoms with Gasteiger partial charge in [-0.25, -0.2) is 0 Å². The summed E-state index contributed by atoms with van der Waals surface area (Å²) in [6, 6.07) is 14.8. The van der Waals surface area contributed by atoms with E-state index in [0.29, 0.717) is 0 Å². The first-order valence-corrected chi connectivity index (χ1v) is 7.00. The summed E-state index contributed by atoms with van der Waals surface area (Å²) >= 11 is 1.81. The van der Waals surface area contributed by atoms with Crippen LogP contribution in [-0.4, -0.2) is 12.9 Å². The van der Waals surface area contributed by atoms with Gasteiger partial charge in [0.15, 0.2) is 0 Å². The van der Waals surface area contributed by atoms with Crippen molar-refractivity contribution >= 4 is 11.8 Å². The van der Waals surface area contributed by atoms with Crippen molar-refractivity contribution in [1.29, 1.82) is 0 Å². The lowest BCUT2D eigenvalue weighted by Gasteiger charge is -2.10. The van der Waals surface area contributed by atoms with Gasteiger partial charge in [0.05, 0.1) is 6.61 Å². The first-order valence-electron chi connectivity index (χ1n) is 5.78. The van der Waals surface area contributed by atoms with Crippen molar-refractivity contribution in [3.05, 3.63) is 48.0 Å². The fraction of sp³-hybridized carbons (Fsp3) is 0.200. The average molecular weight is 242 g/mol. The molecule has 0 aliphatic carbocycles. The minimum atomic E-state index is 0.765. The number of thioether (sulfide) groups is 1. The van der Waals surface area contributed by atoms with Gasteiger partial charge >= 0.3 is 0 Å². The molecule has 86 valence electrons. The Bertz CT molecular complexity index is 548. The van der Waals surface area contributed by atoms with E-state index < -0.39 is 0 Å². The standard InChI is InChI=1S/C15H14OS/c1-17-15-8-4-6-11-12-5-2-3-7-14(12)16-10-9-13(11)15/h2-8H,9-10H2,1H3. The summed E-state index contributed by atoms with van der Waals surface area (Å²) in [7, 11) is 0. The maximum absolute atomic E-state index is 5.82. The van der Waals surface area contributed by atoms with Gasteiger partial charge in [-0.2, -0.15) is 0 Å². The molecule has 0 atom stereocenters. The molecular formula is C15H14OS. The number of fused-ring (bicyclic) bond motifs is 3. The van der Waals surface area contributed by atoms with E-state index in [1.807, 2.05) is 17.8 Å². The monoisotopic (exact) mass is 242 g/mol. The Morgan fingerprint density at radius 3 is 2.71 bits per heavy atom. The third-order valence-electron chi connectivity index (χ3n) is 3.14. The summed E-state index contributed by atoms with van der Waals surface area (Å²) in [5.41, 5.74) is 3.96. The fourth-order valence-electron chi connectivity index (χ4n) is 2.35. The van der Waals surface area contributed by atoms with Crippen LogP contribution in [0.5, 0.6) is 5.75 Å². The minimum absolute atomic E-state index is 0.765. The van der Waals surface area contributed by atoms with Gasteiger partial charge in [0, 0.05) is 16.9 Å². The molecule has 0 saturated carbocycles. The minimum Gasteiger partial charge on any atom is -0.493 e. The molecule has 0 fully saturated rings. The van der Waals surface area contributed by atoms with E-state index in [4.69, 9.17) is 4.74 Å². The zero-order chi connectivity index (χ0) is 11.7. The summed E-state index contributed by atoms with van der Waals surface area (Å²) in [6.07, 6.45) is 3.12. The summed E-state index contributed by atoms with van der Waals surface area (Å²) < 4.78 is 5.82. The molecule has 2 heteroatoms. The molecule has 17 heavy (non-hydrogen) atoms. The van der Waals surface area contributed by atoms with E-state index >= 15 is 0 Å². The highest BCUT2D eigenvalue weighted by atomic mass is 32.2. The Hall–Kier alpha value is -1.41. The largest absolute Gasteiger partial charge is 0.493 e. The molecule has 0 spiro atoms. The average Bonchev–Trinajstić information content (AvgIpc) is 2.58. The summed E-state index contributed by atoms with van der Waals surface area (Å²) in [6.45, 7) is 0.765. The van der Waals surface area contributed by atoms with Crippen molar-refractivity contribution in [2.45, 2.75) is 11.3 Å². The van der Waals surface area contributed by atoms with Gasteiger partial charge in [0.2, 0.25) is 0 Å². The smallest absolute Gasteiger partial charge is 0.127 e. The van der Waals surface area contributed by atoms with Crippen molar-refractivity contribution in [2.75, 3.05) is 12.9 Å². The molecule has 0 aromatic heterocycles. The Labute approximate surface area is 106 Å². The Morgan fingerprint density at radius 2 is 1.82 bits per heavy atom. The second-order valence-electron chi connectivity index (χ2n) is 4.08. The van der Waals surface area contributed by atoms with Crippen LogP contribution in [0.1, 0.15) is 5.56 Å². The van der Waals surface area contributed by atoms with Crippen molar-refractivity contribution < 1.29 is 4.74 Å². The fourth-order valence-corrected chi connectivity index (χ4v) is 3.02. The number of para-hydroxylation sites is 1. The normalized spacial score (nSPS) is 13.2. The summed E-state index contributed by atoms with van der Waals surface area (Å²) in [4.78, 5) is 1.36. The first-order chi connectivity index (χ1) is 8.40. The van der Waals surface area contributed by atoms with Gasteiger partial charge in [0.25, 0.3) is 0 Å². The zero-order valence-corrected chi connectivity index (χ0v) is 10.6. The molecule has 1 heterocycles. The van der Waals surface area contributed by atoms with Crippen LogP contribution in [-0.2, 0) is 6.42 Å². The summed E-state index contributed by atoms with van der Waals surface area (Å²) in [5, 5.41) is 0. The lowest BCUT2D eigenvalue weighted by molar-refractivity contribution is 0.326. The van der Waals surface area contributed by atoms with E-state index in [1.165, 1.54) is 21.6 Å². The van der Waals surface area contributed by atoms with Gasteiger partial charge in [-0.15, -0.1) is 11.8 Å². The van der Waals surface area contributed by atoms with Crippen LogP contribution >= 0.6 is 11.8 Å². The molecule has 1 aliphatic heterocycles. The molecule has 0 unspecified atom stereocenters. The van der Waals surface area contributed by atoms with Gasteiger partial charge in [0.1, 0.15) is 5.75 Å². The Kier molecular flexibility index (Phi) is 2.81. The van der Waals surface area contributed by atoms with Crippen molar-refractivity contribution in [1.82, 2.24) is 0 Å². The third-order valence-corrected chi connectivity index (χ3v) is 3.96. The van der Waals surface area contributed by atoms with E-state index in [-0.39, 0.29) is 0 Å². The number of ether oxygens (including phenoxy) is 1. The van der Waals surface area contributed by atoms with Crippen molar-refractivity contribution in [3.8, 4) is 16.9 Å². The second-order valence-corrected chi connectivity index (χ2v) is 4.93. The lowest BCUT2D eigenvalue weighted by atomic mass is 9.98. The van der Waals surface area contributed by atoms with Gasteiger partial charge in [-0.05, 0) is 29.5 Å². The highest BCUT2D eigenvalue weighted by Gasteiger charge is 2.16. The van der Waals surface area contributed by atoms with Crippen LogP contribution in [0.15, 0.2) is 47.4 Å². The maximum Gasteiger partial charge on any atom is 0.127 e.